The van der Waals surface area contributed by atoms with Gasteiger partial charge in [0.05, 0.1) is 4.90 Å². The van der Waals surface area contributed by atoms with Gasteiger partial charge in [-0.15, -0.1) is 0 Å². The van der Waals surface area contributed by atoms with Gasteiger partial charge in [0.2, 0.25) is 0 Å². The van der Waals surface area contributed by atoms with Crippen molar-refractivity contribution in [2.75, 3.05) is 0 Å². The van der Waals surface area contributed by atoms with Gasteiger partial charge in [-0.25, -0.2) is 4.21 Å². The zero-order valence-corrected chi connectivity index (χ0v) is 10.8. The van der Waals surface area contributed by atoms with E-state index in [1.54, 1.807) is 18.2 Å². The summed E-state index contributed by atoms with van der Waals surface area (Å²) in [5.41, 5.74) is 1.94. The Bertz CT molecular complexity index is 552. The zero-order chi connectivity index (χ0) is 13.0. The Morgan fingerprint density at radius 3 is 2.50 bits per heavy atom. The van der Waals surface area contributed by atoms with E-state index in [1.165, 1.54) is 0 Å². The van der Waals surface area contributed by atoms with Gasteiger partial charge in [-0.05, 0) is 36.2 Å². The molecule has 1 atom stereocenters. The van der Waals surface area contributed by atoms with Crippen LogP contribution in [0.15, 0.2) is 53.4 Å². The molecule has 0 spiro atoms. The number of hydrogen-bond acceptors (Lipinski definition) is 2. The molecule has 0 aliphatic rings. The summed E-state index contributed by atoms with van der Waals surface area (Å²) in [4.78, 5) is 0.388. The molecule has 0 aliphatic carbocycles. The Hall–Kier alpha value is -1.65. The average Bonchev–Trinajstić information content (AvgIpc) is 2.38. The summed E-state index contributed by atoms with van der Waals surface area (Å²) in [6.07, 6.45) is 0. The van der Waals surface area contributed by atoms with E-state index in [1.807, 2.05) is 37.3 Å². The minimum atomic E-state index is -1.94. The lowest BCUT2D eigenvalue weighted by molar-refractivity contribution is 0.304. The maximum Gasteiger partial charge on any atom is 0.186 e. The first-order valence-electron chi connectivity index (χ1n) is 5.55. The second kappa shape index (κ2) is 5.80. The fourth-order valence-electron chi connectivity index (χ4n) is 1.63. The highest BCUT2D eigenvalue weighted by Gasteiger charge is 2.05. The quantitative estimate of drug-likeness (QED) is 0.861. The third-order valence-electron chi connectivity index (χ3n) is 2.59. The number of rotatable bonds is 4. The van der Waals surface area contributed by atoms with E-state index < -0.39 is 11.1 Å². The van der Waals surface area contributed by atoms with Crippen LogP contribution in [-0.4, -0.2) is 8.76 Å². The van der Waals surface area contributed by atoms with Gasteiger partial charge in [0, 0.05) is 0 Å². The summed E-state index contributed by atoms with van der Waals surface area (Å²) in [6.45, 7) is 2.35. The van der Waals surface area contributed by atoms with Crippen LogP contribution >= 0.6 is 0 Å². The minimum Gasteiger partial charge on any atom is -0.489 e. The minimum absolute atomic E-state index is 0.388. The monoisotopic (exact) mass is 262 g/mol. The van der Waals surface area contributed by atoms with Gasteiger partial charge in [-0.1, -0.05) is 30.3 Å². The van der Waals surface area contributed by atoms with Crippen LogP contribution in [-0.2, 0) is 17.7 Å². The molecular formula is C14H14O3S. The summed E-state index contributed by atoms with van der Waals surface area (Å²) < 4.78 is 25.6. The van der Waals surface area contributed by atoms with Crippen LogP contribution in [0.3, 0.4) is 0 Å². The standard InChI is InChI=1S/C14H14O3S/c1-11-9-13(18(15)16)7-8-14(11)17-10-12-5-3-2-4-6-12/h2-9H,10H2,1H3,(H,15,16). The lowest BCUT2D eigenvalue weighted by Crippen LogP contribution is -1.98. The topological polar surface area (TPSA) is 46.5 Å². The van der Waals surface area contributed by atoms with Gasteiger partial charge in [0.25, 0.3) is 0 Å². The molecule has 2 aromatic carbocycles. The molecule has 0 saturated heterocycles. The largest absolute Gasteiger partial charge is 0.489 e. The molecule has 4 heteroatoms. The lowest BCUT2D eigenvalue weighted by Gasteiger charge is -2.09. The zero-order valence-electron chi connectivity index (χ0n) is 10.00. The number of benzene rings is 2. The first kappa shape index (κ1) is 12.8. The molecule has 0 fully saturated rings. The molecule has 2 aromatic rings. The predicted molar refractivity (Wildman–Crippen MR) is 71.0 cm³/mol. The first-order valence-corrected chi connectivity index (χ1v) is 6.66. The van der Waals surface area contributed by atoms with Gasteiger partial charge >= 0.3 is 0 Å². The average molecular weight is 262 g/mol. The van der Waals surface area contributed by atoms with Crippen LogP contribution in [0.4, 0.5) is 0 Å². The Balaban J connectivity index is 2.08. The summed E-state index contributed by atoms with van der Waals surface area (Å²) in [5, 5.41) is 0. The highest BCUT2D eigenvalue weighted by molar-refractivity contribution is 7.79. The molecule has 2 rings (SSSR count). The van der Waals surface area contributed by atoms with E-state index in [4.69, 9.17) is 9.29 Å². The highest BCUT2D eigenvalue weighted by atomic mass is 32.2. The SMILES string of the molecule is Cc1cc(S(=O)O)ccc1OCc1ccccc1. The van der Waals surface area contributed by atoms with Crippen LogP contribution < -0.4 is 4.74 Å². The van der Waals surface area contributed by atoms with E-state index in [0.29, 0.717) is 11.5 Å². The van der Waals surface area contributed by atoms with Crippen LogP contribution in [0.2, 0.25) is 0 Å². The van der Waals surface area contributed by atoms with Crippen molar-refractivity contribution >= 4 is 11.1 Å². The second-order valence-electron chi connectivity index (χ2n) is 3.95. The van der Waals surface area contributed by atoms with E-state index in [0.717, 1.165) is 16.9 Å². The van der Waals surface area contributed by atoms with Crippen molar-refractivity contribution < 1.29 is 13.5 Å². The molecule has 0 heterocycles. The van der Waals surface area contributed by atoms with Gasteiger partial charge < -0.3 is 9.29 Å². The Labute approximate surface area is 109 Å². The lowest BCUT2D eigenvalue weighted by atomic mass is 10.2. The van der Waals surface area contributed by atoms with Gasteiger partial charge in [-0.2, -0.15) is 0 Å². The molecule has 3 nitrogen and oxygen atoms in total. The van der Waals surface area contributed by atoms with Crippen LogP contribution in [0.5, 0.6) is 5.75 Å². The molecule has 0 saturated carbocycles. The molecule has 0 aromatic heterocycles. The maximum absolute atomic E-state index is 10.9. The fraction of sp³-hybridized carbons (Fsp3) is 0.143. The summed E-state index contributed by atoms with van der Waals surface area (Å²) in [5.74, 6) is 0.730. The van der Waals surface area contributed by atoms with E-state index in [9.17, 15) is 4.21 Å². The normalized spacial score (nSPS) is 12.1. The molecule has 18 heavy (non-hydrogen) atoms. The second-order valence-corrected chi connectivity index (χ2v) is 4.92. The third kappa shape index (κ3) is 3.18. The smallest absolute Gasteiger partial charge is 0.186 e. The highest BCUT2D eigenvalue weighted by Crippen LogP contribution is 2.21. The fourth-order valence-corrected chi connectivity index (χ4v) is 2.09. The predicted octanol–water partition coefficient (Wildman–Crippen LogP) is 3.15. The van der Waals surface area contributed by atoms with Gasteiger partial charge in [-0.3, -0.25) is 0 Å². The van der Waals surface area contributed by atoms with E-state index >= 15 is 0 Å². The Kier molecular flexibility index (Phi) is 4.12. The third-order valence-corrected chi connectivity index (χ3v) is 3.24. The van der Waals surface area contributed by atoms with Crippen molar-refractivity contribution in [1.29, 1.82) is 0 Å². The molecule has 0 radical (unpaired) electrons. The van der Waals surface area contributed by atoms with Crippen molar-refractivity contribution in [2.45, 2.75) is 18.4 Å². The van der Waals surface area contributed by atoms with Crippen molar-refractivity contribution in [1.82, 2.24) is 0 Å². The van der Waals surface area contributed by atoms with Crippen molar-refractivity contribution in [2.24, 2.45) is 0 Å². The molecule has 1 N–H and O–H groups in total. The van der Waals surface area contributed by atoms with Gasteiger partial charge in [0.15, 0.2) is 11.1 Å². The number of ether oxygens (including phenoxy) is 1. The molecular weight excluding hydrogens is 248 g/mol. The van der Waals surface area contributed by atoms with E-state index in [2.05, 4.69) is 0 Å². The Morgan fingerprint density at radius 1 is 1.17 bits per heavy atom. The molecule has 0 amide bonds. The summed E-state index contributed by atoms with van der Waals surface area (Å²) in [6, 6.07) is 14.9. The van der Waals surface area contributed by atoms with Crippen LogP contribution in [0, 0.1) is 6.92 Å². The summed E-state index contributed by atoms with van der Waals surface area (Å²) in [7, 11) is 0. The van der Waals surface area contributed by atoms with Crippen LogP contribution in [0.1, 0.15) is 11.1 Å². The van der Waals surface area contributed by atoms with Gasteiger partial charge in [0.1, 0.15) is 12.4 Å². The Morgan fingerprint density at radius 2 is 1.89 bits per heavy atom. The molecule has 0 bridgehead atoms. The number of aryl methyl sites for hydroxylation is 1. The van der Waals surface area contributed by atoms with E-state index in [-0.39, 0.29) is 0 Å². The summed E-state index contributed by atoms with van der Waals surface area (Å²) >= 11 is -1.94. The maximum atomic E-state index is 10.9. The molecule has 94 valence electrons. The van der Waals surface area contributed by atoms with Crippen LogP contribution in [0.25, 0.3) is 0 Å². The van der Waals surface area contributed by atoms with Crippen molar-refractivity contribution in [3.05, 3.63) is 59.7 Å². The molecule has 1 unspecified atom stereocenters. The molecule has 0 aliphatic heterocycles. The van der Waals surface area contributed by atoms with Crippen molar-refractivity contribution in [3.8, 4) is 5.75 Å². The first-order chi connectivity index (χ1) is 8.66. The number of hydrogen-bond donors (Lipinski definition) is 1. The van der Waals surface area contributed by atoms with Crippen molar-refractivity contribution in [3.63, 3.8) is 0 Å².